The minimum atomic E-state index is -0.432. The molecule has 0 radical (unpaired) electrons. The topological polar surface area (TPSA) is 86.1 Å². The maximum atomic E-state index is 13.0. The fourth-order valence-electron chi connectivity index (χ4n) is 3.53. The zero-order valence-electron chi connectivity index (χ0n) is 18.0. The lowest BCUT2D eigenvalue weighted by Crippen LogP contribution is -2.30. The molecule has 0 bridgehead atoms. The molecule has 164 valence electrons. The molecule has 1 N–H and O–H groups in total. The smallest absolute Gasteiger partial charge is 0.294 e. The third-order valence-corrected chi connectivity index (χ3v) is 6.19. The number of rotatable bonds is 5. The molecule has 7 nitrogen and oxygen atoms in total. The van der Waals surface area contributed by atoms with E-state index in [2.05, 4.69) is 21.5 Å². The lowest BCUT2D eigenvalue weighted by molar-refractivity contribution is -0.117. The van der Waals surface area contributed by atoms with Crippen LogP contribution in [0.15, 0.2) is 41.2 Å². The molecule has 0 aliphatic carbocycles. The number of halogens is 1. The van der Waals surface area contributed by atoms with Crippen molar-refractivity contribution >= 4 is 44.7 Å². The van der Waals surface area contributed by atoms with Crippen LogP contribution in [0.5, 0.6) is 5.75 Å². The van der Waals surface area contributed by atoms with Crippen LogP contribution in [0, 0.1) is 20.8 Å². The number of carbonyl (C=O) groups excluding carboxylic acids is 1. The number of methoxy groups -OCH3 is 1. The van der Waals surface area contributed by atoms with Gasteiger partial charge in [0.25, 0.3) is 5.56 Å². The monoisotopic (exact) mass is 468 g/mol. The predicted octanol–water partition coefficient (Wildman–Crippen LogP) is 4.75. The van der Waals surface area contributed by atoms with Crippen molar-refractivity contribution in [3.05, 3.63) is 67.9 Å². The van der Waals surface area contributed by atoms with E-state index >= 15 is 0 Å². The van der Waals surface area contributed by atoms with Gasteiger partial charge in [-0.25, -0.2) is 9.67 Å². The van der Waals surface area contributed by atoms with E-state index < -0.39 is 11.5 Å². The van der Waals surface area contributed by atoms with Gasteiger partial charge in [-0.3, -0.25) is 9.59 Å². The lowest BCUT2D eigenvalue weighted by atomic mass is 10.0. The number of hydrogen-bond acceptors (Lipinski definition) is 6. The first-order valence-electron chi connectivity index (χ1n) is 9.86. The molecule has 32 heavy (non-hydrogen) atoms. The Morgan fingerprint density at radius 3 is 2.69 bits per heavy atom. The molecular formula is C23H21ClN4O3S. The van der Waals surface area contributed by atoms with Crippen LogP contribution in [0.3, 0.4) is 0 Å². The van der Waals surface area contributed by atoms with Gasteiger partial charge >= 0.3 is 0 Å². The van der Waals surface area contributed by atoms with Gasteiger partial charge in [-0.05, 0) is 44.5 Å². The highest BCUT2D eigenvalue weighted by molar-refractivity contribution is 7.19. The molecule has 1 amide bonds. The van der Waals surface area contributed by atoms with E-state index in [-0.39, 0.29) is 6.54 Å². The summed E-state index contributed by atoms with van der Waals surface area (Å²) in [6, 6.07) is 10.9. The zero-order chi connectivity index (χ0) is 23.0. The highest BCUT2D eigenvalue weighted by Crippen LogP contribution is 2.32. The molecule has 0 atom stereocenters. The van der Waals surface area contributed by atoms with Gasteiger partial charge in [0.2, 0.25) is 5.91 Å². The molecule has 0 saturated carbocycles. The van der Waals surface area contributed by atoms with Crippen LogP contribution in [0.2, 0.25) is 5.02 Å². The maximum Gasteiger partial charge on any atom is 0.294 e. The number of nitrogens with one attached hydrogen (secondary N) is 1. The van der Waals surface area contributed by atoms with Crippen molar-refractivity contribution in [2.24, 2.45) is 0 Å². The van der Waals surface area contributed by atoms with Gasteiger partial charge in [0, 0.05) is 10.6 Å². The Morgan fingerprint density at radius 1 is 1.19 bits per heavy atom. The minimum Gasteiger partial charge on any atom is -0.495 e. The summed E-state index contributed by atoms with van der Waals surface area (Å²) in [5.74, 6) is 0.0302. The van der Waals surface area contributed by atoms with Crippen LogP contribution in [0.1, 0.15) is 16.1 Å². The number of benzene rings is 2. The predicted molar refractivity (Wildman–Crippen MR) is 128 cm³/mol. The number of aromatic nitrogens is 3. The highest BCUT2D eigenvalue weighted by atomic mass is 35.5. The van der Waals surface area contributed by atoms with Crippen molar-refractivity contribution in [1.82, 2.24) is 14.8 Å². The molecule has 2 aromatic carbocycles. The summed E-state index contributed by atoms with van der Waals surface area (Å²) in [4.78, 5) is 30.2. The van der Waals surface area contributed by atoms with E-state index in [1.807, 2.05) is 32.9 Å². The summed E-state index contributed by atoms with van der Waals surface area (Å²) in [6.07, 6.45) is 0. The summed E-state index contributed by atoms with van der Waals surface area (Å²) >= 11 is 7.46. The van der Waals surface area contributed by atoms with Gasteiger partial charge < -0.3 is 10.1 Å². The molecule has 0 unspecified atom stereocenters. The number of hydrogen-bond donors (Lipinski definition) is 1. The number of aryl methyl sites for hydroxylation is 3. The molecule has 4 rings (SSSR count). The lowest BCUT2D eigenvalue weighted by Gasteiger charge is -2.13. The van der Waals surface area contributed by atoms with E-state index in [1.54, 1.807) is 18.2 Å². The summed E-state index contributed by atoms with van der Waals surface area (Å²) in [7, 11) is 1.50. The van der Waals surface area contributed by atoms with Gasteiger partial charge in [-0.1, -0.05) is 35.4 Å². The number of nitrogens with zero attached hydrogens (tertiary/aromatic N) is 3. The van der Waals surface area contributed by atoms with Crippen LogP contribution in [-0.4, -0.2) is 27.8 Å². The molecule has 4 aromatic rings. The molecule has 0 spiro atoms. The summed E-state index contributed by atoms with van der Waals surface area (Å²) < 4.78 is 7.14. The molecule has 0 fully saturated rings. The molecule has 2 aromatic heterocycles. The Kier molecular flexibility index (Phi) is 5.99. The van der Waals surface area contributed by atoms with Crippen LogP contribution >= 0.6 is 22.9 Å². The first kappa shape index (κ1) is 22.0. The fraction of sp³-hybridized carbons (Fsp3) is 0.217. The molecule has 9 heteroatoms. The third kappa shape index (κ3) is 4.24. The Bertz CT molecular complexity index is 1410. The molecule has 2 heterocycles. The summed E-state index contributed by atoms with van der Waals surface area (Å²) in [5.41, 5.74) is 4.01. The highest BCUT2D eigenvalue weighted by Gasteiger charge is 2.19. The van der Waals surface area contributed by atoms with Crippen LogP contribution in [0.25, 0.3) is 21.5 Å². The number of carbonyl (C=O) groups is 1. The Hall–Kier alpha value is -3.23. The molecular weight excluding hydrogens is 448 g/mol. The van der Waals surface area contributed by atoms with Gasteiger partial charge in [0.05, 0.1) is 22.5 Å². The van der Waals surface area contributed by atoms with E-state index in [9.17, 15) is 9.59 Å². The number of thiazole rings is 1. The average molecular weight is 469 g/mol. The largest absolute Gasteiger partial charge is 0.495 e. The Balaban J connectivity index is 1.76. The van der Waals surface area contributed by atoms with Gasteiger partial charge in [0.15, 0.2) is 5.52 Å². The number of fused-ring (bicyclic) bond motifs is 1. The van der Waals surface area contributed by atoms with Crippen molar-refractivity contribution in [1.29, 1.82) is 0 Å². The first-order valence-corrected chi connectivity index (χ1v) is 11.1. The van der Waals surface area contributed by atoms with E-state index in [1.165, 1.54) is 18.4 Å². The van der Waals surface area contributed by atoms with Crippen LogP contribution in [-0.2, 0) is 11.3 Å². The maximum absolute atomic E-state index is 13.0. The number of anilines is 1. The Morgan fingerprint density at radius 2 is 1.97 bits per heavy atom. The van der Waals surface area contributed by atoms with Gasteiger partial charge in [-0.2, -0.15) is 5.10 Å². The summed E-state index contributed by atoms with van der Waals surface area (Å²) in [6.45, 7) is 5.58. The normalized spacial score (nSPS) is 11.0. The van der Waals surface area contributed by atoms with Gasteiger partial charge in [0.1, 0.15) is 18.0 Å². The fourth-order valence-corrected chi connectivity index (χ4v) is 4.61. The van der Waals surface area contributed by atoms with E-state index in [0.717, 1.165) is 26.4 Å². The Labute approximate surface area is 193 Å². The molecule has 0 aliphatic heterocycles. The van der Waals surface area contributed by atoms with Crippen molar-refractivity contribution in [2.45, 2.75) is 27.3 Å². The van der Waals surface area contributed by atoms with E-state index in [4.69, 9.17) is 16.3 Å². The molecule has 0 aliphatic rings. The quantitative estimate of drug-likeness (QED) is 0.457. The number of amides is 1. The van der Waals surface area contributed by atoms with Crippen molar-refractivity contribution in [2.75, 3.05) is 12.4 Å². The van der Waals surface area contributed by atoms with Crippen molar-refractivity contribution in [3.63, 3.8) is 0 Å². The standard InChI is InChI=1S/C23H21ClN4O3S/c1-12-5-7-16(13(2)9-12)20-22-21(25-14(3)32-22)23(30)28(27-20)11-19(29)26-17-10-15(24)6-8-18(17)31-4/h5-10H,11H2,1-4H3,(H,26,29). The second-order valence-corrected chi connectivity index (χ2v) is 9.07. The van der Waals surface area contributed by atoms with Crippen molar-refractivity contribution < 1.29 is 9.53 Å². The van der Waals surface area contributed by atoms with Crippen LogP contribution in [0.4, 0.5) is 5.69 Å². The average Bonchev–Trinajstić information content (AvgIpc) is 3.13. The third-order valence-electron chi connectivity index (χ3n) is 4.97. The van der Waals surface area contributed by atoms with Crippen molar-refractivity contribution in [3.8, 4) is 17.0 Å². The van der Waals surface area contributed by atoms with E-state index in [0.29, 0.717) is 32.4 Å². The number of ether oxygens (including phenoxy) is 1. The van der Waals surface area contributed by atoms with Crippen LogP contribution < -0.4 is 15.6 Å². The first-order chi connectivity index (χ1) is 15.3. The minimum absolute atomic E-state index is 0.279. The second kappa shape index (κ2) is 8.72. The SMILES string of the molecule is COc1ccc(Cl)cc1NC(=O)Cn1nc(-c2ccc(C)cc2C)c2sc(C)nc2c1=O. The summed E-state index contributed by atoms with van der Waals surface area (Å²) in [5, 5.41) is 8.53. The molecule has 0 saturated heterocycles. The second-order valence-electron chi connectivity index (χ2n) is 7.43. The van der Waals surface area contributed by atoms with Gasteiger partial charge in [-0.15, -0.1) is 11.3 Å². The zero-order valence-corrected chi connectivity index (χ0v) is 19.6.